The second-order valence-corrected chi connectivity index (χ2v) is 17.7. The fourth-order valence-electron chi connectivity index (χ4n) is 8.76. The molecular formula is C39H51ClN4O7S. The van der Waals surface area contributed by atoms with Gasteiger partial charge in [-0.15, -0.1) is 4.36 Å². The van der Waals surface area contributed by atoms with Crippen LogP contribution < -0.4 is 14.4 Å². The van der Waals surface area contributed by atoms with Gasteiger partial charge in [0, 0.05) is 49.9 Å². The lowest BCUT2D eigenvalue weighted by Gasteiger charge is -2.46. The predicted octanol–water partition coefficient (Wildman–Crippen LogP) is 6.03. The molecule has 2 aliphatic carbocycles. The molecule has 1 N–H and O–H groups in total. The first kappa shape index (κ1) is 37.2. The maximum Gasteiger partial charge on any atom is 0.330 e. The number of fused-ring (bicyclic) bond motifs is 4. The number of aryl methyl sites for hydroxylation is 1. The lowest BCUT2D eigenvalue weighted by molar-refractivity contribution is -0.0489. The Hall–Kier alpha value is -3.16. The van der Waals surface area contributed by atoms with E-state index in [9.17, 15) is 13.8 Å². The van der Waals surface area contributed by atoms with Gasteiger partial charge in [0.25, 0.3) is 5.91 Å². The van der Waals surface area contributed by atoms with Crippen molar-refractivity contribution in [2.75, 3.05) is 70.9 Å². The van der Waals surface area contributed by atoms with Crippen LogP contribution in [0.15, 0.2) is 52.9 Å². The molecule has 2 aromatic carbocycles. The molecule has 1 saturated carbocycles. The Kier molecular flexibility index (Phi) is 11.2. The molecular weight excluding hydrogens is 704 g/mol. The monoisotopic (exact) mass is 754 g/mol. The number of carbonyl (C=O) groups excluding carboxylic acids is 2. The number of hydrogen-bond acceptors (Lipinski definition) is 8. The van der Waals surface area contributed by atoms with Crippen molar-refractivity contribution in [3.05, 3.63) is 70.3 Å². The molecule has 52 heavy (non-hydrogen) atoms. The largest absolute Gasteiger partial charge is 0.490 e. The number of rotatable bonds is 4. The van der Waals surface area contributed by atoms with Gasteiger partial charge in [0.2, 0.25) is 0 Å². The summed E-state index contributed by atoms with van der Waals surface area (Å²) >= 11 is 6.46. The minimum Gasteiger partial charge on any atom is -0.490 e. The summed E-state index contributed by atoms with van der Waals surface area (Å²) in [5.41, 5.74) is 3.40. The lowest BCUT2D eigenvalue weighted by atomic mass is 9.68. The zero-order valence-corrected chi connectivity index (χ0v) is 32.0. The van der Waals surface area contributed by atoms with Crippen LogP contribution in [0.2, 0.25) is 5.02 Å². The number of anilines is 1. The van der Waals surface area contributed by atoms with E-state index in [0.29, 0.717) is 62.5 Å². The topological polar surface area (TPSA) is 119 Å². The highest BCUT2D eigenvalue weighted by molar-refractivity contribution is 7.92. The Morgan fingerprint density at radius 3 is 2.83 bits per heavy atom. The molecule has 3 amide bonds. The molecule has 7 atom stereocenters. The number of urea groups is 1. The zero-order valence-electron chi connectivity index (χ0n) is 30.4. The minimum absolute atomic E-state index is 0.0104. The van der Waals surface area contributed by atoms with Gasteiger partial charge in [-0.3, -0.25) is 9.52 Å². The summed E-state index contributed by atoms with van der Waals surface area (Å²) in [6.07, 6.45) is 9.59. The van der Waals surface area contributed by atoms with Crippen molar-refractivity contribution in [2.24, 2.45) is 22.1 Å². The SMILES string of the molecule is COC[C@@H]1CN(C(=O)NS2(=O)=NC(=O)c3ccc4c(c3)N(C[C@@H]3CC[C@H]3[C@@H](OC)/C=C/C[C@H](C)C2)C[C@@]2(CCCc3cc(Cl)ccc32)CO4)CCO1. The van der Waals surface area contributed by atoms with E-state index < -0.39 is 21.9 Å². The maximum atomic E-state index is 14.6. The Morgan fingerprint density at radius 2 is 2.04 bits per heavy atom. The molecule has 2 bridgehead atoms. The van der Waals surface area contributed by atoms with Gasteiger partial charge in [0.05, 0.1) is 50.0 Å². The highest BCUT2D eigenvalue weighted by Gasteiger charge is 2.44. The van der Waals surface area contributed by atoms with Crippen molar-refractivity contribution in [3.8, 4) is 5.75 Å². The van der Waals surface area contributed by atoms with Gasteiger partial charge in [-0.05, 0) is 97.7 Å². The van der Waals surface area contributed by atoms with Gasteiger partial charge in [-0.25, -0.2) is 9.00 Å². The minimum atomic E-state index is -3.53. The smallest absolute Gasteiger partial charge is 0.330 e. The molecule has 11 nitrogen and oxygen atoms in total. The first-order valence-electron chi connectivity index (χ1n) is 18.6. The van der Waals surface area contributed by atoms with Gasteiger partial charge >= 0.3 is 6.03 Å². The number of methoxy groups -OCH3 is 2. The van der Waals surface area contributed by atoms with E-state index in [1.807, 2.05) is 25.1 Å². The summed E-state index contributed by atoms with van der Waals surface area (Å²) in [5, 5.41) is 0.740. The van der Waals surface area contributed by atoms with E-state index >= 15 is 0 Å². The van der Waals surface area contributed by atoms with E-state index in [0.717, 1.165) is 49.4 Å². The number of morpholine rings is 1. The van der Waals surface area contributed by atoms with Crippen LogP contribution in [0.3, 0.4) is 0 Å². The fraction of sp³-hybridized carbons (Fsp3) is 0.590. The van der Waals surface area contributed by atoms with Crippen LogP contribution in [-0.2, 0) is 36.0 Å². The first-order valence-corrected chi connectivity index (χ1v) is 20.6. The van der Waals surface area contributed by atoms with Crippen molar-refractivity contribution in [1.29, 1.82) is 0 Å². The number of carbonyl (C=O) groups is 2. The number of amides is 3. The number of halogens is 1. The normalized spacial score (nSPS) is 32.7. The second kappa shape index (κ2) is 15.7. The van der Waals surface area contributed by atoms with Crippen molar-refractivity contribution in [1.82, 2.24) is 9.62 Å². The number of benzene rings is 2. The molecule has 282 valence electrons. The fourth-order valence-corrected chi connectivity index (χ4v) is 10.8. The van der Waals surface area contributed by atoms with Crippen LogP contribution in [-0.4, -0.2) is 99.2 Å². The molecule has 1 saturated heterocycles. The summed E-state index contributed by atoms with van der Waals surface area (Å²) in [6, 6.07) is 11.1. The van der Waals surface area contributed by atoms with E-state index in [-0.39, 0.29) is 35.8 Å². The Bertz CT molecular complexity index is 1810. The summed E-state index contributed by atoms with van der Waals surface area (Å²) in [5.74, 6) is 0.655. The predicted molar refractivity (Wildman–Crippen MR) is 202 cm³/mol. The third-order valence-electron chi connectivity index (χ3n) is 11.5. The van der Waals surface area contributed by atoms with Gasteiger partial charge in [0.15, 0.2) is 0 Å². The highest BCUT2D eigenvalue weighted by Crippen LogP contribution is 2.47. The third-order valence-corrected chi connectivity index (χ3v) is 13.8. The Morgan fingerprint density at radius 1 is 1.17 bits per heavy atom. The summed E-state index contributed by atoms with van der Waals surface area (Å²) in [4.78, 5) is 31.6. The summed E-state index contributed by atoms with van der Waals surface area (Å²) < 4.78 is 45.3. The van der Waals surface area contributed by atoms with Gasteiger partial charge in [-0.2, -0.15) is 0 Å². The molecule has 2 fully saturated rings. The maximum absolute atomic E-state index is 14.6. The van der Waals surface area contributed by atoms with E-state index in [4.69, 9.17) is 30.5 Å². The zero-order chi connectivity index (χ0) is 36.5. The molecule has 5 aliphatic rings. The van der Waals surface area contributed by atoms with Crippen molar-refractivity contribution in [2.45, 2.75) is 63.1 Å². The summed E-state index contributed by atoms with van der Waals surface area (Å²) in [7, 11) is -0.186. The van der Waals surface area contributed by atoms with E-state index in [1.54, 1.807) is 25.2 Å². The molecule has 0 radical (unpaired) electrons. The average Bonchev–Trinajstić information content (AvgIpc) is 3.25. The molecule has 1 spiro atoms. The van der Waals surface area contributed by atoms with E-state index in [2.05, 4.69) is 38.3 Å². The van der Waals surface area contributed by atoms with Crippen LogP contribution in [0.5, 0.6) is 5.75 Å². The quantitative estimate of drug-likeness (QED) is 0.376. The molecule has 3 aliphatic heterocycles. The van der Waals surface area contributed by atoms with Crippen molar-refractivity contribution >= 4 is 39.1 Å². The van der Waals surface area contributed by atoms with E-state index in [1.165, 1.54) is 11.1 Å². The molecule has 0 aromatic heterocycles. The standard InChI is InChI=1S/C39H51ClN4O7S/c1-26-6-4-8-35(49-3)32-12-9-29(32)20-44-24-39(15-5-7-27-18-30(40)11-13-33(27)39)25-51-36-14-10-28(19-34(36)44)37(45)41-52(47,23-26)42-38(46)43-16-17-50-31(21-43)22-48-2/h4,8,10-11,13-14,18-19,26,29,31-32,35H,5-7,9,12,15-17,20-25H2,1-3H3,(H,41,42,45,46,47)/b8-4+/t26-,29-,31-,32+,35-,39-,52?/m0/s1. The lowest BCUT2D eigenvalue weighted by Crippen LogP contribution is -2.52. The highest BCUT2D eigenvalue weighted by atomic mass is 35.5. The molecule has 13 heteroatoms. The third kappa shape index (κ3) is 7.87. The van der Waals surface area contributed by atoms with Gasteiger partial charge in [0.1, 0.15) is 15.7 Å². The van der Waals surface area contributed by atoms with Crippen molar-refractivity contribution < 1.29 is 32.7 Å². The number of allylic oxidation sites excluding steroid dienone is 1. The Labute approximate surface area is 312 Å². The molecule has 1 unspecified atom stereocenters. The van der Waals surface area contributed by atoms with Crippen molar-refractivity contribution in [3.63, 3.8) is 0 Å². The van der Waals surface area contributed by atoms with Crippen LogP contribution in [0.4, 0.5) is 10.5 Å². The van der Waals surface area contributed by atoms with Crippen LogP contribution >= 0.6 is 11.6 Å². The Balaban J connectivity index is 1.26. The van der Waals surface area contributed by atoms with Crippen LogP contribution in [0.1, 0.15) is 60.5 Å². The number of hydrogen-bond donors (Lipinski definition) is 1. The number of ether oxygens (including phenoxy) is 4. The van der Waals surface area contributed by atoms with Gasteiger partial charge < -0.3 is 28.7 Å². The van der Waals surface area contributed by atoms with Gasteiger partial charge in [-0.1, -0.05) is 36.7 Å². The molecule has 3 heterocycles. The average molecular weight is 755 g/mol. The number of nitrogens with zero attached hydrogens (tertiary/aromatic N) is 3. The summed E-state index contributed by atoms with van der Waals surface area (Å²) in [6.45, 7) is 5.23. The van der Waals surface area contributed by atoms with Crippen LogP contribution in [0.25, 0.3) is 0 Å². The van der Waals surface area contributed by atoms with Crippen LogP contribution in [0, 0.1) is 17.8 Å². The molecule has 7 rings (SSSR count). The first-order chi connectivity index (χ1) is 25.1. The number of nitrogens with one attached hydrogen (secondary N) is 1. The second-order valence-electron chi connectivity index (χ2n) is 15.3. The molecule has 2 aromatic rings.